The van der Waals surface area contributed by atoms with Crippen LogP contribution in [-0.4, -0.2) is 10.8 Å². The molecule has 0 aliphatic heterocycles. The van der Waals surface area contributed by atoms with Gasteiger partial charge in [-0.15, -0.1) is 0 Å². The lowest BCUT2D eigenvalue weighted by molar-refractivity contribution is 0.0978. The number of hydrogen-bond acceptors (Lipinski definition) is 2. The number of aromatic amines is 1. The number of benzene rings is 1. The van der Waals surface area contributed by atoms with Gasteiger partial charge in [-0.1, -0.05) is 35.7 Å². The monoisotopic (exact) mass is 321 g/mol. The molecule has 0 radical (unpaired) electrons. The van der Waals surface area contributed by atoms with Crippen molar-refractivity contribution in [1.29, 1.82) is 0 Å². The molecular weight excluding hydrogens is 306 g/mol. The molecule has 0 aliphatic carbocycles. The number of carbonyl (C=O) groups excluding carboxylic acids is 1. The number of ketones is 1. The molecule has 1 N–H and O–H groups in total. The number of rotatable bonds is 5. The van der Waals surface area contributed by atoms with Crippen LogP contribution in [0.2, 0.25) is 0 Å². The molecule has 0 spiro atoms. The van der Waals surface area contributed by atoms with Gasteiger partial charge in [-0.3, -0.25) is 9.59 Å². The van der Waals surface area contributed by atoms with Gasteiger partial charge < -0.3 is 4.98 Å². The first kappa shape index (κ1) is 14.0. The van der Waals surface area contributed by atoms with Crippen LogP contribution in [-0.2, 0) is 0 Å². The highest BCUT2D eigenvalue weighted by atomic mass is 79.9. The highest BCUT2D eigenvalue weighted by Crippen LogP contribution is 2.16. The topological polar surface area (TPSA) is 49.9 Å². The molecule has 2 rings (SSSR count). The van der Waals surface area contributed by atoms with E-state index in [4.69, 9.17) is 0 Å². The molecule has 1 aromatic carbocycles. The molecule has 0 bridgehead atoms. The molecule has 3 nitrogen and oxygen atoms in total. The fourth-order valence-electron chi connectivity index (χ4n) is 2.07. The number of fused-ring (bicyclic) bond motifs is 1. The Bertz CT molecular complexity index is 661. The molecule has 0 unspecified atom stereocenters. The third kappa shape index (κ3) is 3.13. The van der Waals surface area contributed by atoms with E-state index in [1.807, 2.05) is 12.1 Å². The summed E-state index contributed by atoms with van der Waals surface area (Å²) < 4.78 is 0.834. The predicted octanol–water partition coefficient (Wildman–Crippen LogP) is 4.05. The lowest BCUT2D eigenvalue weighted by atomic mass is 10.0. The molecule has 19 heavy (non-hydrogen) atoms. The van der Waals surface area contributed by atoms with Gasteiger partial charge in [0.1, 0.15) is 0 Å². The SMILES string of the molecule is CCCCCC(=O)c1c[nH]c2ccc(Br)cc2c1=O. The summed E-state index contributed by atoms with van der Waals surface area (Å²) in [5, 5.41) is 0.552. The second kappa shape index (κ2) is 6.15. The van der Waals surface area contributed by atoms with Gasteiger partial charge in [0.15, 0.2) is 11.2 Å². The first-order valence-electron chi connectivity index (χ1n) is 6.47. The maximum absolute atomic E-state index is 12.3. The second-order valence-electron chi connectivity index (χ2n) is 4.60. The lowest BCUT2D eigenvalue weighted by Gasteiger charge is -2.03. The van der Waals surface area contributed by atoms with Gasteiger partial charge in [-0.25, -0.2) is 0 Å². The number of halogens is 1. The van der Waals surface area contributed by atoms with Crippen LogP contribution in [0.1, 0.15) is 43.0 Å². The predicted molar refractivity (Wildman–Crippen MR) is 80.7 cm³/mol. The first-order valence-corrected chi connectivity index (χ1v) is 7.27. The molecule has 0 fully saturated rings. The van der Waals surface area contributed by atoms with Gasteiger partial charge in [0, 0.05) is 28.0 Å². The van der Waals surface area contributed by atoms with E-state index in [1.54, 1.807) is 6.07 Å². The third-order valence-corrected chi connectivity index (χ3v) is 3.64. The Hall–Kier alpha value is -1.42. The van der Waals surface area contributed by atoms with Crippen molar-refractivity contribution in [2.45, 2.75) is 32.6 Å². The average molecular weight is 322 g/mol. The van der Waals surface area contributed by atoms with Crippen molar-refractivity contribution in [2.24, 2.45) is 0 Å². The second-order valence-corrected chi connectivity index (χ2v) is 5.52. The first-order chi connectivity index (χ1) is 9.13. The van der Waals surface area contributed by atoms with E-state index in [0.717, 1.165) is 29.3 Å². The number of unbranched alkanes of at least 4 members (excludes halogenated alkanes) is 2. The smallest absolute Gasteiger partial charge is 0.200 e. The molecule has 1 aromatic heterocycles. The minimum atomic E-state index is -0.184. The molecule has 0 amide bonds. The standard InChI is InChI=1S/C15H16BrNO2/c1-2-3-4-5-14(18)12-9-17-13-7-6-10(16)8-11(13)15(12)19/h6-9H,2-5H2,1H3,(H,17,19). The minimum Gasteiger partial charge on any atom is -0.360 e. The van der Waals surface area contributed by atoms with Crippen molar-refractivity contribution >= 4 is 32.6 Å². The Kier molecular flexibility index (Phi) is 4.53. The summed E-state index contributed by atoms with van der Waals surface area (Å²) in [5.74, 6) is -0.0726. The van der Waals surface area contributed by atoms with Crippen LogP contribution in [0.25, 0.3) is 10.9 Å². The van der Waals surface area contributed by atoms with Gasteiger partial charge in [0.25, 0.3) is 0 Å². The fraction of sp³-hybridized carbons (Fsp3) is 0.333. The van der Waals surface area contributed by atoms with Gasteiger partial charge in [0.05, 0.1) is 5.56 Å². The third-order valence-electron chi connectivity index (χ3n) is 3.15. The largest absolute Gasteiger partial charge is 0.360 e. The number of carbonyl (C=O) groups is 1. The lowest BCUT2D eigenvalue weighted by Crippen LogP contribution is -2.15. The zero-order chi connectivity index (χ0) is 13.8. The summed E-state index contributed by atoms with van der Waals surface area (Å²) in [6.07, 6.45) is 4.89. The van der Waals surface area contributed by atoms with Crippen molar-refractivity contribution in [1.82, 2.24) is 4.98 Å². The van der Waals surface area contributed by atoms with Crippen LogP contribution < -0.4 is 5.43 Å². The summed E-state index contributed by atoms with van der Waals surface area (Å²) in [5.41, 5.74) is 0.830. The summed E-state index contributed by atoms with van der Waals surface area (Å²) in [4.78, 5) is 27.3. The van der Waals surface area contributed by atoms with Crippen molar-refractivity contribution in [3.05, 3.63) is 44.7 Å². The molecule has 1 heterocycles. The number of pyridine rings is 1. The highest BCUT2D eigenvalue weighted by Gasteiger charge is 2.12. The molecule has 0 saturated carbocycles. The van der Waals surface area contributed by atoms with Gasteiger partial charge in [0.2, 0.25) is 0 Å². The normalized spacial score (nSPS) is 10.8. The molecule has 0 atom stereocenters. The van der Waals surface area contributed by atoms with Crippen LogP contribution in [0.3, 0.4) is 0 Å². The van der Waals surface area contributed by atoms with Crippen molar-refractivity contribution in [3.8, 4) is 0 Å². The summed E-state index contributed by atoms with van der Waals surface area (Å²) in [6.45, 7) is 2.09. The van der Waals surface area contributed by atoms with E-state index in [9.17, 15) is 9.59 Å². The van der Waals surface area contributed by atoms with Crippen molar-refractivity contribution in [2.75, 3.05) is 0 Å². The maximum Gasteiger partial charge on any atom is 0.200 e. The average Bonchev–Trinajstić information content (AvgIpc) is 2.40. The Morgan fingerprint density at radius 2 is 2.11 bits per heavy atom. The number of H-pyrrole nitrogens is 1. The van der Waals surface area contributed by atoms with Crippen LogP contribution in [0, 0.1) is 0 Å². The molecular formula is C15H16BrNO2. The number of hydrogen-bond donors (Lipinski definition) is 1. The van der Waals surface area contributed by atoms with Crippen LogP contribution in [0.15, 0.2) is 33.7 Å². The van der Waals surface area contributed by atoms with E-state index in [-0.39, 0.29) is 16.8 Å². The minimum absolute atomic E-state index is 0.0726. The van der Waals surface area contributed by atoms with Gasteiger partial charge >= 0.3 is 0 Å². The van der Waals surface area contributed by atoms with Crippen LogP contribution in [0.5, 0.6) is 0 Å². The number of Topliss-reactive ketones (excluding diaryl/α,β-unsaturated/α-hetero) is 1. The zero-order valence-electron chi connectivity index (χ0n) is 10.8. The maximum atomic E-state index is 12.3. The quantitative estimate of drug-likeness (QED) is 0.667. The van der Waals surface area contributed by atoms with E-state index in [0.29, 0.717) is 11.8 Å². The van der Waals surface area contributed by atoms with E-state index < -0.39 is 0 Å². The van der Waals surface area contributed by atoms with Gasteiger partial charge in [-0.2, -0.15) is 0 Å². The van der Waals surface area contributed by atoms with Crippen LogP contribution >= 0.6 is 15.9 Å². The van der Waals surface area contributed by atoms with E-state index in [2.05, 4.69) is 27.8 Å². The molecule has 0 aliphatic rings. The van der Waals surface area contributed by atoms with Crippen molar-refractivity contribution in [3.63, 3.8) is 0 Å². The van der Waals surface area contributed by atoms with E-state index in [1.165, 1.54) is 6.20 Å². The number of aromatic nitrogens is 1. The Morgan fingerprint density at radius 1 is 1.32 bits per heavy atom. The molecule has 4 heteroatoms. The Morgan fingerprint density at radius 3 is 2.84 bits per heavy atom. The molecule has 100 valence electrons. The highest BCUT2D eigenvalue weighted by molar-refractivity contribution is 9.10. The molecule has 2 aromatic rings. The summed E-state index contributed by atoms with van der Waals surface area (Å²) >= 11 is 3.34. The van der Waals surface area contributed by atoms with Crippen LogP contribution in [0.4, 0.5) is 0 Å². The molecule has 0 saturated heterocycles. The Labute approximate surface area is 120 Å². The Balaban J connectivity index is 2.37. The number of nitrogens with one attached hydrogen (secondary N) is 1. The van der Waals surface area contributed by atoms with Crippen molar-refractivity contribution < 1.29 is 4.79 Å². The fourth-order valence-corrected chi connectivity index (χ4v) is 2.43. The van der Waals surface area contributed by atoms with E-state index >= 15 is 0 Å². The summed E-state index contributed by atoms with van der Waals surface area (Å²) in [6, 6.07) is 5.43. The zero-order valence-corrected chi connectivity index (χ0v) is 12.4. The van der Waals surface area contributed by atoms with Gasteiger partial charge in [-0.05, 0) is 24.6 Å². The summed E-state index contributed by atoms with van der Waals surface area (Å²) in [7, 11) is 0.